The van der Waals surface area contributed by atoms with E-state index in [9.17, 15) is 4.79 Å². The van der Waals surface area contributed by atoms with Crippen LogP contribution in [-0.4, -0.2) is 16.0 Å². The summed E-state index contributed by atoms with van der Waals surface area (Å²) in [5, 5.41) is 10.2. The average Bonchev–Trinajstić information content (AvgIpc) is 3.26. The molecular formula is C32H24ClN3O2S. The third kappa shape index (κ3) is 6.77. The lowest BCUT2D eigenvalue weighted by atomic mass is 10.1. The Morgan fingerprint density at radius 3 is 2.28 bits per heavy atom. The number of carbonyl (C=O) groups excluding carboxylic acids is 1. The number of nitriles is 1. The molecule has 4 aromatic rings. The minimum atomic E-state index is -0.117. The molecule has 0 radical (unpaired) electrons. The van der Waals surface area contributed by atoms with Gasteiger partial charge < -0.3 is 4.74 Å². The van der Waals surface area contributed by atoms with Crippen molar-refractivity contribution in [3.05, 3.63) is 141 Å². The summed E-state index contributed by atoms with van der Waals surface area (Å²) in [6.45, 7) is 1.22. The molecule has 5 rings (SSSR count). The van der Waals surface area contributed by atoms with E-state index in [1.807, 2.05) is 78.9 Å². The van der Waals surface area contributed by atoms with E-state index in [-0.39, 0.29) is 5.91 Å². The van der Waals surface area contributed by atoms with Crippen molar-refractivity contribution in [3.63, 3.8) is 0 Å². The third-order valence-corrected chi connectivity index (χ3v) is 7.33. The predicted octanol–water partition coefficient (Wildman–Crippen LogP) is 7.46. The average molecular weight is 550 g/mol. The molecule has 0 saturated carbocycles. The van der Waals surface area contributed by atoms with Gasteiger partial charge in [-0.25, -0.2) is 0 Å². The van der Waals surface area contributed by atoms with E-state index < -0.39 is 0 Å². The summed E-state index contributed by atoms with van der Waals surface area (Å²) in [5.41, 5.74) is 4.32. The van der Waals surface area contributed by atoms with Gasteiger partial charge in [-0.2, -0.15) is 5.26 Å². The van der Waals surface area contributed by atoms with E-state index in [0.717, 1.165) is 16.7 Å². The summed E-state index contributed by atoms with van der Waals surface area (Å²) in [4.78, 5) is 20.7. The van der Waals surface area contributed by atoms with Gasteiger partial charge >= 0.3 is 0 Å². The number of nitrogens with zero attached hydrogens (tertiary/aromatic N) is 3. The summed E-state index contributed by atoms with van der Waals surface area (Å²) in [6.07, 6.45) is 1.82. The Morgan fingerprint density at radius 2 is 1.59 bits per heavy atom. The van der Waals surface area contributed by atoms with Crippen molar-refractivity contribution in [2.24, 2.45) is 4.99 Å². The molecule has 1 amide bonds. The fraction of sp³-hybridized carbons (Fsp3) is 0.0938. The van der Waals surface area contributed by atoms with E-state index in [1.54, 1.807) is 35.2 Å². The van der Waals surface area contributed by atoms with Gasteiger partial charge in [-0.3, -0.25) is 14.7 Å². The molecule has 7 heteroatoms. The number of rotatable bonds is 8. The fourth-order valence-electron chi connectivity index (χ4n) is 4.01. The first-order valence-corrected chi connectivity index (χ1v) is 13.5. The lowest BCUT2D eigenvalue weighted by molar-refractivity contribution is -0.122. The summed E-state index contributed by atoms with van der Waals surface area (Å²) in [7, 11) is 0. The number of hydrogen-bond acceptors (Lipinski definition) is 5. The molecule has 0 N–H and O–H groups in total. The molecule has 0 unspecified atom stereocenters. The first-order chi connectivity index (χ1) is 19.1. The summed E-state index contributed by atoms with van der Waals surface area (Å²) in [6, 6.07) is 34.6. The van der Waals surface area contributed by atoms with Crippen molar-refractivity contribution in [3.8, 4) is 11.8 Å². The van der Waals surface area contributed by atoms with Gasteiger partial charge in [0, 0.05) is 10.6 Å². The molecule has 0 spiro atoms. The number of thioether (sulfide) groups is 1. The highest BCUT2D eigenvalue weighted by Gasteiger charge is 2.33. The second-order valence-corrected chi connectivity index (χ2v) is 10.3. The maximum atomic E-state index is 13.6. The topological polar surface area (TPSA) is 65.7 Å². The van der Waals surface area contributed by atoms with Gasteiger partial charge in [0.15, 0.2) is 5.17 Å². The van der Waals surface area contributed by atoms with Crippen LogP contribution in [0.4, 0.5) is 0 Å². The molecule has 1 aliphatic rings. The number of amidine groups is 1. The highest BCUT2D eigenvalue weighted by atomic mass is 35.5. The molecule has 0 atom stereocenters. The number of aliphatic imine (C=N–C) groups is 1. The molecule has 0 aliphatic carbocycles. The molecule has 5 nitrogen and oxygen atoms in total. The van der Waals surface area contributed by atoms with Crippen LogP contribution in [0.5, 0.6) is 5.75 Å². The molecule has 1 heterocycles. The van der Waals surface area contributed by atoms with Crippen molar-refractivity contribution in [2.75, 3.05) is 0 Å². The minimum absolute atomic E-state index is 0.117. The van der Waals surface area contributed by atoms with Crippen LogP contribution in [0, 0.1) is 11.3 Å². The van der Waals surface area contributed by atoms with Crippen LogP contribution in [0.25, 0.3) is 6.08 Å². The van der Waals surface area contributed by atoms with Crippen LogP contribution in [0.2, 0.25) is 5.02 Å². The molecule has 1 fully saturated rings. The van der Waals surface area contributed by atoms with E-state index in [0.29, 0.717) is 51.7 Å². The van der Waals surface area contributed by atoms with Crippen LogP contribution in [0.3, 0.4) is 0 Å². The first-order valence-electron chi connectivity index (χ1n) is 12.3. The third-order valence-electron chi connectivity index (χ3n) is 6.05. The van der Waals surface area contributed by atoms with Gasteiger partial charge in [-0.1, -0.05) is 84.4 Å². The lowest BCUT2D eigenvalue weighted by Gasteiger charge is -2.15. The molecule has 0 bridgehead atoms. The van der Waals surface area contributed by atoms with Crippen LogP contribution in [0.15, 0.2) is 113 Å². The highest BCUT2D eigenvalue weighted by molar-refractivity contribution is 8.18. The van der Waals surface area contributed by atoms with Gasteiger partial charge in [0.05, 0.1) is 29.6 Å². The van der Waals surface area contributed by atoms with Gasteiger partial charge in [0.2, 0.25) is 0 Å². The van der Waals surface area contributed by atoms with Crippen LogP contribution >= 0.6 is 23.4 Å². The number of ether oxygens (including phenoxy) is 1. The number of hydrogen-bond donors (Lipinski definition) is 0. The molecule has 39 heavy (non-hydrogen) atoms. The SMILES string of the molecule is N#Cc1ccc(COc2ccc(Cl)cc2/C=C2\SC(=NCc3ccccc3)N(Cc3ccccc3)C2=O)cc1. The molecular weight excluding hydrogens is 526 g/mol. The van der Waals surface area contributed by atoms with Crippen molar-refractivity contribution >= 4 is 40.5 Å². The normalized spacial score (nSPS) is 15.1. The molecule has 0 aromatic heterocycles. The molecule has 1 saturated heterocycles. The summed E-state index contributed by atoms with van der Waals surface area (Å²) >= 11 is 7.68. The zero-order valence-electron chi connectivity index (χ0n) is 21.0. The van der Waals surface area contributed by atoms with Gasteiger partial charge in [-0.15, -0.1) is 0 Å². The van der Waals surface area contributed by atoms with Crippen molar-refractivity contribution in [2.45, 2.75) is 19.7 Å². The van der Waals surface area contributed by atoms with E-state index >= 15 is 0 Å². The number of halogens is 1. The maximum absolute atomic E-state index is 13.6. The Hall–Kier alpha value is -4.31. The van der Waals surface area contributed by atoms with E-state index in [4.69, 9.17) is 26.6 Å². The van der Waals surface area contributed by atoms with Crippen molar-refractivity contribution < 1.29 is 9.53 Å². The monoisotopic (exact) mass is 549 g/mol. The Balaban J connectivity index is 1.42. The molecule has 4 aromatic carbocycles. The summed E-state index contributed by atoms with van der Waals surface area (Å²) < 4.78 is 6.10. The number of benzene rings is 4. The number of amides is 1. The zero-order chi connectivity index (χ0) is 27.0. The van der Waals surface area contributed by atoms with Crippen LogP contribution in [-0.2, 0) is 24.5 Å². The Kier molecular flexibility index (Phi) is 8.42. The fourth-order valence-corrected chi connectivity index (χ4v) is 5.16. The van der Waals surface area contributed by atoms with Gasteiger partial charge in [0.25, 0.3) is 5.91 Å². The number of carbonyl (C=O) groups is 1. The van der Waals surface area contributed by atoms with Gasteiger partial charge in [-0.05, 0) is 64.9 Å². The second kappa shape index (κ2) is 12.5. The van der Waals surface area contributed by atoms with Crippen LogP contribution < -0.4 is 4.74 Å². The predicted molar refractivity (Wildman–Crippen MR) is 157 cm³/mol. The largest absolute Gasteiger partial charge is 0.488 e. The van der Waals surface area contributed by atoms with E-state index in [1.165, 1.54) is 11.8 Å². The smallest absolute Gasteiger partial charge is 0.267 e. The standard InChI is InChI=1S/C32H24ClN3O2S/c33-28-15-16-29(38-22-26-13-11-23(19-34)12-14-26)27(17-28)18-30-31(37)36(21-25-9-5-2-6-10-25)32(39-30)35-20-24-7-3-1-4-8-24/h1-18H,20-22H2/b30-18-,35-32?. The zero-order valence-corrected chi connectivity index (χ0v) is 22.5. The second-order valence-electron chi connectivity index (χ2n) is 8.85. The lowest BCUT2D eigenvalue weighted by Crippen LogP contribution is -2.28. The Morgan fingerprint density at radius 1 is 0.897 bits per heavy atom. The Bertz CT molecular complexity index is 1560. The van der Waals surface area contributed by atoms with Gasteiger partial charge in [0.1, 0.15) is 12.4 Å². The van der Waals surface area contributed by atoms with Crippen molar-refractivity contribution in [1.82, 2.24) is 4.90 Å². The van der Waals surface area contributed by atoms with Crippen molar-refractivity contribution in [1.29, 1.82) is 5.26 Å². The quantitative estimate of drug-likeness (QED) is 0.214. The molecule has 1 aliphatic heterocycles. The maximum Gasteiger partial charge on any atom is 0.267 e. The summed E-state index contributed by atoms with van der Waals surface area (Å²) in [5.74, 6) is 0.489. The molecule has 192 valence electrons. The Labute approximate surface area is 237 Å². The highest BCUT2D eigenvalue weighted by Crippen LogP contribution is 2.36. The van der Waals surface area contributed by atoms with E-state index in [2.05, 4.69) is 6.07 Å². The van der Waals surface area contributed by atoms with Crippen LogP contribution in [0.1, 0.15) is 27.8 Å². The first kappa shape index (κ1) is 26.3. The minimum Gasteiger partial charge on any atom is -0.488 e.